The molecule has 0 aliphatic carbocycles. The van der Waals surface area contributed by atoms with Gasteiger partial charge in [-0.2, -0.15) is 4.68 Å². The fourth-order valence-electron chi connectivity index (χ4n) is 3.07. The SMILES string of the molecule is Cc1ccc(NC(=O)C(OC(=O)c2ccccc2-n2cnnn2)c2ccccc2)cc1Cl. The van der Waals surface area contributed by atoms with Crippen molar-refractivity contribution in [3.8, 4) is 5.69 Å². The van der Waals surface area contributed by atoms with Crippen LogP contribution in [-0.2, 0) is 9.53 Å². The van der Waals surface area contributed by atoms with Gasteiger partial charge >= 0.3 is 5.97 Å². The summed E-state index contributed by atoms with van der Waals surface area (Å²) in [5.41, 5.74) is 2.55. The lowest BCUT2D eigenvalue weighted by Crippen LogP contribution is -2.26. The molecule has 1 amide bonds. The maximum Gasteiger partial charge on any atom is 0.341 e. The minimum atomic E-state index is -1.19. The molecule has 1 unspecified atom stereocenters. The van der Waals surface area contributed by atoms with Gasteiger partial charge in [-0.05, 0) is 47.2 Å². The minimum Gasteiger partial charge on any atom is -0.444 e. The van der Waals surface area contributed by atoms with Gasteiger partial charge in [0.25, 0.3) is 5.91 Å². The predicted octanol–water partition coefficient (Wildman–Crippen LogP) is 4.16. The lowest BCUT2D eigenvalue weighted by molar-refractivity contribution is -0.125. The van der Waals surface area contributed by atoms with Gasteiger partial charge in [-0.1, -0.05) is 60.1 Å². The molecule has 4 aromatic rings. The Kier molecular flexibility index (Phi) is 6.23. The standard InChI is InChI=1S/C23H18ClN5O3/c1-15-11-12-17(13-19(15)24)26-22(30)21(16-7-3-2-4-8-16)32-23(31)18-9-5-6-10-20(18)29-14-25-27-28-29/h2-14,21H,1H3,(H,26,30). The van der Waals surface area contributed by atoms with Gasteiger partial charge in [0.2, 0.25) is 6.10 Å². The number of benzene rings is 3. The van der Waals surface area contributed by atoms with Crippen molar-refractivity contribution in [2.75, 3.05) is 5.32 Å². The quantitative estimate of drug-likeness (QED) is 0.445. The van der Waals surface area contributed by atoms with Gasteiger partial charge in [0.05, 0.1) is 11.3 Å². The Morgan fingerprint density at radius 3 is 2.50 bits per heavy atom. The summed E-state index contributed by atoms with van der Waals surface area (Å²) in [7, 11) is 0. The summed E-state index contributed by atoms with van der Waals surface area (Å²) in [6.07, 6.45) is 0.181. The zero-order valence-corrected chi connectivity index (χ0v) is 17.7. The fourth-order valence-corrected chi connectivity index (χ4v) is 3.25. The van der Waals surface area contributed by atoms with E-state index in [4.69, 9.17) is 16.3 Å². The highest BCUT2D eigenvalue weighted by molar-refractivity contribution is 6.31. The summed E-state index contributed by atoms with van der Waals surface area (Å²) in [5, 5.41) is 14.3. The number of amides is 1. The summed E-state index contributed by atoms with van der Waals surface area (Å²) < 4.78 is 7.03. The zero-order chi connectivity index (χ0) is 22.5. The highest BCUT2D eigenvalue weighted by Gasteiger charge is 2.27. The molecular formula is C23H18ClN5O3. The Balaban J connectivity index is 1.63. The van der Waals surface area contributed by atoms with Gasteiger partial charge in [0.15, 0.2) is 0 Å². The fraction of sp³-hybridized carbons (Fsp3) is 0.0870. The number of carbonyl (C=O) groups is 2. The predicted molar refractivity (Wildman–Crippen MR) is 119 cm³/mol. The van der Waals surface area contributed by atoms with Crippen LogP contribution in [0.2, 0.25) is 5.02 Å². The van der Waals surface area contributed by atoms with Gasteiger partial charge in [-0.25, -0.2) is 4.79 Å². The van der Waals surface area contributed by atoms with E-state index in [-0.39, 0.29) is 5.56 Å². The Morgan fingerprint density at radius 1 is 1.03 bits per heavy atom. The average molecular weight is 448 g/mol. The van der Waals surface area contributed by atoms with Crippen LogP contribution in [0.1, 0.15) is 27.6 Å². The number of nitrogens with zero attached hydrogens (tertiary/aromatic N) is 4. The Morgan fingerprint density at radius 2 is 1.78 bits per heavy atom. The molecule has 9 heteroatoms. The van der Waals surface area contributed by atoms with Crippen molar-refractivity contribution in [1.29, 1.82) is 0 Å². The van der Waals surface area contributed by atoms with Crippen LogP contribution in [0.15, 0.2) is 79.1 Å². The lowest BCUT2D eigenvalue weighted by Gasteiger charge is -2.19. The number of nitrogens with one attached hydrogen (secondary N) is 1. The van der Waals surface area contributed by atoms with E-state index in [1.807, 2.05) is 13.0 Å². The van der Waals surface area contributed by atoms with Crippen molar-refractivity contribution in [1.82, 2.24) is 20.2 Å². The topological polar surface area (TPSA) is 99.0 Å². The van der Waals surface area contributed by atoms with Crippen LogP contribution in [0.3, 0.4) is 0 Å². The number of tetrazole rings is 1. The number of anilines is 1. The first-order chi connectivity index (χ1) is 15.5. The third-order valence-corrected chi connectivity index (χ3v) is 5.13. The van der Waals surface area contributed by atoms with Crippen LogP contribution < -0.4 is 5.32 Å². The molecule has 0 bridgehead atoms. The number of esters is 1. The summed E-state index contributed by atoms with van der Waals surface area (Å²) >= 11 is 6.17. The number of aromatic nitrogens is 4. The smallest absolute Gasteiger partial charge is 0.341 e. The van der Waals surface area contributed by atoms with E-state index >= 15 is 0 Å². The number of halogens is 1. The number of carbonyl (C=O) groups excluding carboxylic acids is 2. The number of rotatable bonds is 6. The molecule has 0 saturated carbocycles. The van der Waals surface area contributed by atoms with Gasteiger partial charge in [-0.15, -0.1) is 5.10 Å². The molecule has 160 valence electrons. The van der Waals surface area contributed by atoms with Crippen LogP contribution >= 0.6 is 11.6 Å². The Labute approximate surface area is 188 Å². The van der Waals surface area contributed by atoms with Crippen LogP contribution in [0.25, 0.3) is 5.69 Å². The van der Waals surface area contributed by atoms with Crippen LogP contribution in [0, 0.1) is 6.92 Å². The lowest BCUT2D eigenvalue weighted by atomic mass is 10.1. The van der Waals surface area contributed by atoms with Crippen molar-refractivity contribution in [2.24, 2.45) is 0 Å². The van der Waals surface area contributed by atoms with Gasteiger partial charge < -0.3 is 10.1 Å². The average Bonchev–Trinajstić information content (AvgIpc) is 3.35. The summed E-state index contributed by atoms with van der Waals surface area (Å²) in [6.45, 7) is 1.87. The molecular weight excluding hydrogens is 430 g/mol. The summed E-state index contributed by atoms with van der Waals surface area (Å²) in [4.78, 5) is 26.2. The Bertz CT molecular complexity index is 1250. The van der Waals surface area contributed by atoms with E-state index in [2.05, 4.69) is 20.8 Å². The minimum absolute atomic E-state index is 0.215. The highest BCUT2D eigenvalue weighted by atomic mass is 35.5. The van der Waals surface area contributed by atoms with E-state index in [1.54, 1.807) is 66.7 Å². The van der Waals surface area contributed by atoms with Crippen molar-refractivity contribution in [3.05, 3.63) is 101 Å². The number of hydrogen-bond acceptors (Lipinski definition) is 6. The maximum atomic E-state index is 13.1. The van der Waals surface area contributed by atoms with Crippen molar-refractivity contribution in [2.45, 2.75) is 13.0 Å². The first kappa shape index (κ1) is 21.2. The van der Waals surface area contributed by atoms with E-state index in [1.165, 1.54) is 11.0 Å². The first-order valence-electron chi connectivity index (χ1n) is 9.68. The van der Waals surface area contributed by atoms with E-state index in [0.29, 0.717) is 22.0 Å². The normalized spacial score (nSPS) is 11.6. The molecule has 0 aliphatic rings. The van der Waals surface area contributed by atoms with E-state index in [0.717, 1.165) is 5.56 Å². The van der Waals surface area contributed by atoms with Crippen molar-refractivity contribution >= 4 is 29.2 Å². The van der Waals surface area contributed by atoms with Gasteiger partial charge in [0, 0.05) is 16.3 Å². The number of ether oxygens (including phenoxy) is 1. The third kappa shape index (κ3) is 4.65. The largest absolute Gasteiger partial charge is 0.444 e. The molecule has 8 nitrogen and oxygen atoms in total. The van der Waals surface area contributed by atoms with E-state index < -0.39 is 18.0 Å². The van der Waals surface area contributed by atoms with E-state index in [9.17, 15) is 9.59 Å². The second-order valence-electron chi connectivity index (χ2n) is 6.92. The van der Waals surface area contributed by atoms with Crippen LogP contribution in [-0.4, -0.2) is 32.1 Å². The molecule has 0 fully saturated rings. The molecule has 1 aromatic heterocycles. The number of para-hydroxylation sites is 1. The molecule has 1 N–H and O–H groups in total. The number of aryl methyl sites for hydroxylation is 1. The van der Waals surface area contributed by atoms with Gasteiger partial charge in [-0.3, -0.25) is 4.79 Å². The molecule has 1 heterocycles. The molecule has 0 spiro atoms. The molecule has 0 aliphatic heterocycles. The summed E-state index contributed by atoms with van der Waals surface area (Å²) in [6, 6.07) is 20.6. The van der Waals surface area contributed by atoms with Gasteiger partial charge in [0.1, 0.15) is 6.33 Å². The third-order valence-electron chi connectivity index (χ3n) is 4.72. The number of hydrogen-bond donors (Lipinski definition) is 1. The molecule has 3 aromatic carbocycles. The first-order valence-corrected chi connectivity index (χ1v) is 10.1. The molecule has 32 heavy (non-hydrogen) atoms. The van der Waals surface area contributed by atoms with Crippen LogP contribution in [0.5, 0.6) is 0 Å². The zero-order valence-electron chi connectivity index (χ0n) is 17.0. The molecule has 0 saturated heterocycles. The monoisotopic (exact) mass is 447 g/mol. The highest BCUT2D eigenvalue weighted by Crippen LogP contribution is 2.25. The summed E-state index contributed by atoms with van der Waals surface area (Å²) in [5.74, 6) is -1.20. The second kappa shape index (κ2) is 9.40. The molecule has 1 atom stereocenters. The molecule has 4 rings (SSSR count). The second-order valence-corrected chi connectivity index (χ2v) is 7.33. The Hall–Kier alpha value is -4.04. The maximum absolute atomic E-state index is 13.1. The molecule has 0 radical (unpaired) electrons. The van der Waals surface area contributed by atoms with Crippen molar-refractivity contribution < 1.29 is 14.3 Å². The van der Waals surface area contributed by atoms with Crippen LogP contribution in [0.4, 0.5) is 5.69 Å². The van der Waals surface area contributed by atoms with Crippen molar-refractivity contribution in [3.63, 3.8) is 0 Å².